The number of hydrogen-bond acceptors (Lipinski definition) is 1. The first-order valence-corrected chi connectivity index (χ1v) is 7.74. The van der Waals surface area contributed by atoms with Gasteiger partial charge in [-0.1, -0.05) is 62.8 Å². The van der Waals surface area contributed by atoms with Crippen molar-refractivity contribution in [2.24, 2.45) is 17.3 Å². The van der Waals surface area contributed by atoms with E-state index in [2.05, 4.69) is 20.8 Å². The van der Waals surface area contributed by atoms with E-state index in [4.69, 9.17) is 0 Å². The van der Waals surface area contributed by atoms with Crippen LogP contribution in [0, 0.1) is 17.3 Å². The summed E-state index contributed by atoms with van der Waals surface area (Å²) in [6.07, 6.45) is -2.36. The molecular weight excluding hydrogens is 301 g/mol. The molecule has 1 aromatic rings. The molecule has 0 radical (unpaired) electrons. The zero-order valence-corrected chi connectivity index (χ0v) is 13.4. The van der Waals surface area contributed by atoms with Crippen molar-refractivity contribution in [3.8, 4) is 0 Å². The maximum Gasteiger partial charge on any atom is 0.454 e. The summed E-state index contributed by atoms with van der Waals surface area (Å²) >= 11 is 0. The van der Waals surface area contributed by atoms with Gasteiger partial charge in [0.1, 0.15) is 0 Å². The van der Waals surface area contributed by atoms with Crippen molar-refractivity contribution in [2.75, 3.05) is 0 Å². The highest BCUT2D eigenvalue weighted by atomic mass is 19.4. The van der Waals surface area contributed by atoms with Crippen LogP contribution < -0.4 is 0 Å². The van der Waals surface area contributed by atoms with Gasteiger partial charge in [0.25, 0.3) is 5.78 Å². The van der Waals surface area contributed by atoms with Crippen LogP contribution in [0.25, 0.3) is 5.57 Å². The predicted molar refractivity (Wildman–Crippen MR) is 83.6 cm³/mol. The lowest BCUT2D eigenvalue weighted by atomic mass is 9.74. The minimum Gasteiger partial charge on any atom is -0.284 e. The van der Waals surface area contributed by atoms with Crippen LogP contribution in [0.2, 0.25) is 0 Å². The molecule has 0 heterocycles. The van der Waals surface area contributed by atoms with Crippen molar-refractivity contribution >= 4 is 11.4 Å². The molecule has 0 saturated heterocycles. The largest absolute Gasteiger partial charge is 0.454 e. The average molecular weight is 320 g/mol. The summed E-state index contributed by atoms with van der Waals surface area (Å²) in [7, 11) is 0. The molecule has 2 atom stereocenters. The Bertz CT molecular complexity index is 702. The number of allylic oxidation sites excluding steroid dienone is 4. The maximum absolute atomic E-state index is 13.0. The number of hydrogen-bond donors (Lipinski definition) is 0. The molecule has 23 heavy (non-hydrogen) atoms. The minimum absolute atomic E-state index is 0.0540. The van der Waals surface area contributed by atoms with E-state index in [1.807, 2.05) is 12.1 Å². The third-order valence-electron chi connectivity index (χ3n) is 4.71. The molecule has 0 aliphatic heterocycles. The summed E-state index contributed by atoms with van der Waals surface area (Å²) in [5.74, 6) is -2.20. The van der Waals surface area contributed by atoms with Crippen LogP contribution in [-0.4, -0.2) is 12.0 Å². The number of benzene rings is 1. The molecule has 0 fully saturated rings. The van der Waals surface area contributed by atoms with E-state index in [0.717, 1.165) is 11.1 Å². The average Bonchev–Trinajstić information content (AvgIpc) is 3.03. The van der Waals surface area contributed by atoms with Crippen molar-refractivity contribution in [1.29, 1.82) is 0 Å². The van der Waals surface area contributed by atoms with E-state index in [9.17, 15) is 18.0 Å². The summed E-state index contributed by atoms with van der Waals surface area (Å²) in [4.78, 5) is 12.0. The van der Waals surface area contributed by atoms with Crippen LogP contribution in [0.3, 0.4) is 0 Å². The lowest BCUT2D eigenvalue weighted by molar-refractivity contribution is -0.166. The number of carbonyl (C=O) groups is 1. The fourth-order valence-electron chi connectivity index (χ4n) is 3.83. The Morgan fingerprint density at radius 2 is 1.70 bits per heavy atom. The van der Waals surface area contributed by atoms with Gasteiger partial charge in [-0.05, 0) is 23.0 Å². The van der Waals surface area contributed by atoms with Gasteiger partial charge in [0, 0.05) is 17.4 Å². The number of fused-ring (bicyclic) bond motifs is 2. The topological polar surface area (TPSA) is 17.1 Å². The van der Waals surface area contributed by atoms with Crippen LogP contribution in [0.4, 0.5) is 13.2 Å². The Morgan fingerprint density at radius 3 is 2.22 bits per heavy atom. The highest BCUT2D eigenvalue weighted by Crippen LogP contribution is 2.57. The van der Waals surface area contributed by atoms with Gasteiger partial charge in [0.2, 0.25) is 0 Å². The molecule has 2 bridgehead atoms. The first kappa shape index (κ1) is 16.0. The monoisotopic (exact) mass is 320 g/mol. The molecule has 0 amide bonds. The minimum atomic E-state index is -4.82. The summed E-state index contributed by atoms with van der Waals surface area (Å²) in [6.45, 7) is 6.19. The molecule has 0 saturated carbocycles. The van der Waals surface area contributed by atoms with E-state index >= 15 is 0 Å². The van der Waals surface area contributed by atoms with E-state index in [-0.39, 0.29) is 16.9 Å². The SMILES string of the molecule is CC(C)(C)C1=CC2CC1C(c1ccccc1)=C2C(=O)C(F)(F)F. The molecule has 1 nitrogen and oxygen atoms in total. The Hall–Kier alpha value is -1.84. The van der Waals surface area contributed by atoms with Gasteiger partial charge >= 0.3 is 6.18 Å². The molecule has 3 rings (SSSR count). The zero-order chi connectivity index (χ0) is 17.0. The second kappa shape index (κ2) is 5.08. The molecule has 0 aromatic heterocycles. The van der Waals surface area contributed by atoms with Gasteiger partial charge in [-0.2, -0.15) is 13.2 Å². The Kier molecular flexibility index (Phi) is 3.54. The molecular formula is C19H19F3O. The smallest absolute Gasteiger partial charge is 0.284 e. The Balaban J connectivity index is 2.15. The molecule has 0 spiro atoms. The van der Waals surface area contributed by atoms with Gasteiger partial charge < -0.3 is 0 Å². The summed E-state index contributed by atoms with van der Waals surface area (Å²) in [5, 5.41) is 0. The fraction of sp³-hybridized carbons (Fsp3) is 0.421. The summed E-state index contributed by atoms with van der Waals surface area (Å²) in [6, 6.07) is 9.00. The van der Waals surface area contributed by atoms with Gasteiger partial charge in [0.15, 0.2) is 0 Å². The molecule has 2 unspecified atom stereocenters. The summed E-state index contributed by atoms with van der Waals surface area (Å²) in [5.41, 5.74) is 2.27. The van der Waals surface area contributed by atoms with Crippen LogP contribution in [-0.2, 0) is 4.79 Å². The van der Waals surface area contributed by atoms with Gasteiger partial charge in [-0.15, -0.1) is 0 Å². The number of ketones is 1. The molecule has 0 N–H and O–H groups in total. The van der Waals surface area contributed by atoms with Crippen molar-refractivity contribution in [1.82, 2.24) is 0 Å². The lowest BCUT2D eigenvalue weighted by Gasteiger charge is -2.30. The lowest BCUT2D eigenvalue weighted by Crippen LogP contribution is -2.28. The number of rotatable bonds is 2. The second-order valence-corrected chi connectivity index (χ2v) is 7.29. The van der Waals surface area contributed by atoms with E-state index in [0.29, 0.717) is 12.0 Å². The number of alkyl halides is 3. The van der Waals surface area contributed by atoms with Crippen molar-refractivity contribution < 1.29 is 18.0 Å². The van der Waals surface area contributed by atoms with Gasteiger partial charge in [-0.3, -0.25) is 4.79 Å². The van der Waals surface area contributed by atoms with E-state index in [1.54, 1.807) is 24.3 Å². The van der Waals surface area contributed by atoms with Crippen molar-refractivity contribution in [2.45, 2.75) is 33.4 Å². The first-order chi connectivity index (χ1) is 10.6. The number of Topliss-reactive ketones (excluding diaryl/α,β-unsaturated/α-hetero) is 1. The van der Waals surface area contributed by atoms with Crippen molar-refractivity contribution in [3.63, 3.8) is 0 Å². The molecule has 2 aliphatic carbocycles. The zero-order valence-electron chi connectivity index (χ0n) is 13.4. The molecule has 4 heteroatoms. The van der Waals surface area contributed by atoms with Crippen molar-refractivity contribution in [3.05, 3.63) is 53.1 Å². The molecule has 122 valence electrons. The van der Waals surface area contributed by atoms with Crippen LogP contribution in [0.5, 0.6) is 0 Å². The standard InChI is InChI=1S/C19H19F3O/c1-18(2,3)14-10-12-9-13(14)15(11-7-5-4-6-8-11)16(12)17(23)19(20,21)22/h4-8,10,12-13H,9H2,1-3H3. The summed E-state index contributed by atoms with van der Waals surface area (Å²) < 4.78 is 39.1. The normalized spacial score (nSPS) is 24.2. The Labute approximate surface area is 133 Å². The first-order valence-electron chi connectivity index (χ1n) is 7.74. The third kappa shape index (κ3) is 2.64. The van der Waals surface area contributed by atoms with Crippen LogP contribution >= 0.6 is 0 Å². The fourth-order valence-corrected chi connectivity index (χ4v) is 3.83. The van der Waals surface area contributed by atoms with Crippen LogP contribution in [0.15, 0.2) is 47.6 Å². The van der Waals surface area contributed by atoms with Crippen LogP contribution in [0.1, 0.15) is 32.8 Å². The third-order valence-corrected chi connectivity index (χ3v) is 4.71. The molecule has 1 aromatic carbocycles. The number of carbonyl (C=O) groups excluding carboxylic acids is 1. The Morgan fingerprint density at radius 1 is 1.09 bits per heavy atom. The quantitative estimate of drug-likeness (QED) is 0.685. The second-order valence-electron chi connectivity index (χ2n) is 7.29. The molecule has 2 aliphatic rings. The van der Waals surface area contributed by atoms with Gasteiger partial charge in [-0.25, -0.2) is 0 Å². The number of halogens is 3. The maximum atomic E-state index is 13.0. The highest BCUT2D eigenvalue weighted by Gasteiger charge is 2.51. The predicted octanol–water partition coefficient (Wildman–Crippen LogP) is 5.19. The van der Waals surface area contributed by atoms with E-state index in [1.165, 1.54) is 0 Å². The van der Waals surface area contributed by atoms with E-state index < -0.39 is 17.9 Å². The van der Waals surface area contributed by atoms with Gasteiger partial charge in [0.05, 0.1) is 0 Å². The highest BCUT2D eigenvalue weighted by molar-refractivity contribution is 6.09.